The van der Waals surface area contributed by atoms with Gasteiger partial charge in [-0.15, -0.1) is 22.7 Å². The molecule has 2 aromatic carbocycles. The molecule has 0 N–H and O–H groups in total. The molecular formula is C26H24S2. The molecule has 0 spiro atoms. The van der Waals surface area contributed by atoms with Crippen molar-refractivity contribution >= 4 is 33.8 Å². The third kappa shape index (κ3) is 3.76. The molecule has 0 nitrogen and oxygen atoms in total. The second-order valence-electron chi connectivity index (χ2n) is 7.31. The van der Waals surface area contributed by atoms with Crippen LogP contribution in [0, 0.1) is 6.92 Å². The highest BCUT2D eigenvalue weighted by atomic mass is 32.1. The van der Waals surface area contributed by atoms with Gasteiger partial charge in [0.05, 0.1) is 0 Å². The van der Waals surface area contributed by atoms with Gasteiger partial charge >= 0.3 is 0 Å². The van der Waals surface area contributed by atoms with E-state index in [0.717, 1.165) is 0 Å². The van der Waals surface area contributed by atoms with Crippen LogP contribution < -0.4 is 0 Å². The number of hydrogen-bond donors (Lipinski definition) is 0. The van der Waals surface area contributed by atoms with Gasteiger partial charge in [-0.25, -0.2) is 0 Å². The summed E-state index contributed by atoms with van der Waals surface area (Å²) < 4.78 is 0. The largest absolute Gasteiger partial charge is 0.144 e. The fourth-order valence-electron chi connectivity index (χ4n) is 3.59. The van der Waals surface area contributed by atoms with Crippen molar-refractivity contribution in [1.82, 2.24) is 0 Å². The third-order valence-electron chi connectivity index (χ3n) is 4.98. The van der Waals surface area contributed by atoms with Gasteiger partial charge in [0.25, 0.3) is 0 Å². The van der Waals surface area contributed by atoms with Gasteiger partial charge in [0, 0.05) is 20.9 Å². The molecule has 0 saturated carbocycles. The zero-order valence-corrected chi connectivity index (χ0v) is 18.1. The van der Waals surface area contributed by atoms with E-state index in [1.807, 2.05) is 22.7 Å². The fourth-order valence-corrected chi connectivity index (χ4v) is 5.18. The lowest BCUT2D eigenvalue weighted by atomic mass is 9.86. The highest BCUT2D eigenvalue weighted by Crippen LogP contribution is 2.42. The highest BCUT2D eigenvalue weighted by molar-refractivity contribution is 7.12. The van der Waals surface area contributed by atoms with E-state index in [1.54, 1.807) is 0 Å². The van der Waals surface area contributed by atoms with Crippen molar-refractivity contribution in [2.75, 3.05) is 0 Å². The normalized spacial score (nSPS) is 12.3. The highest BCUT2D eigenvalue weighted by Gasteiger charge is 2.20. The topological polar surface area (TPSA) is 0 Å². The molecule has 0 aliphatic heterocycles. The van der Waals surface area contributed by atoms with Gasteiger partial charge in [-0.3, -0.25) is 0 Å². The maximum atomic E-state index is 2.28. The Morgan fingerprint density at radius 2 is 1.29 bits per heavy atom. The van der Waals surface area contributed by atoms with Crippen molar-refractivity contribution in [3.63, 3.8) is 0 Å². The lowest BCUT2D eigenvalue weighted by Gasteiger charge is -2.19. The lowest BCUT2D eigenvalue weighted by molar-refractivity contribution is 0.863. The van der Waals surface area contributed by atoms with Crippen LogP contribution in [-0.4, -0.2) is 0 Å². The predicted octanol–water partition coefficient (Wildman–Crippen LogP) is 8.25. The second kappa shape index (κ2) is 8.30. The van der Waals surface area contributed by atoms with Gasteiger partial charge in [0.2, 0.25) is 0 Å². The van der Waals surface area contributed by atoms with E-state index >= 15 is 0 Å². The Hall–Kier alpha value is -2.42. The molecule has 0 amide bonds. The summed E-state index contributed by atoms with van der Waals surface area (Å²) in [5.41, 5.74) is 7.96. The number of rotatable bonds is 5. The summed E-state index contributed by atoms with van der Waals surface area (Å²) in [6.07, 6.45) is 0. The van der Waals surface area contributed by atoms with Crippen molar-refractivity contribution in [3.8, 4) is 0 Å². The average Bonchev–Trinajstić information content (AvgIpc) is 3.41. The summed E-state index contributed by atoms with van der Waals surface area (Å²) in [5, 5.41) is 4.35. The summed E-state index contributed by atoms with van der Waals surface area (Å²) in [6, 6.07) is 26.6. The van der Waals surface area contributed by atoms with E-state index < -0.39 is 0 Å². The van der Waals surface area contributed by atoms with Crippen LogP contribution >= 0.6 is 22.7 Å². The maximum absolute atomic E-state index is 2.28. The zero-order valence-electron chi connectivity index (χ0n) is 16.5. The Bertz CT molecular complexity index is 1060. The molecule has 0 radical (unpaired) electrons. The molecule has 2 heterocycles. The Balaban J connectivity index is 2.10. The first kappa shape index (κ1) is 18.9. The Morgan fingerprint density at radius 1 is 0.679 bits per heavy atom. The maximum Gasteiger partial charge on any atom is 0.0355 e. The molecule has 0 aliphatic carbocycles. The summed E-state index contributed by atoms with van der Waals surface area (Å²) in [7, 11) is 0. The Morgan fingerprint density at radius 3 is 1.86 bits per heavy atom. The van der Waals surface area contributed by atoms with Gasteiger partial charge in [0.1, 0.15) is 0 Å². The minimum atomic E-state index is 0.466. The molecule has 2 aromatic heterocycles. The Labute approximate surface area is 175 Å². The van der Waals surface area contributed by atoms with Crippen LogP contribution in [0.4, 0.5) is 0 Å². The van der Waals surface area contributed by atoms with Gasteiger partial charge in [-0.2, -0.15) is 0 Å². The standard InChI is InChI=1S/C26H24S2/c1-18(2)21-8-4-5-9-22(21)26(24-11-7-17-28-24)25(23-10-6-16-27-23)20-14-12-19(3)13-15-20/h4-18H,1-3H3/b26-25+. The number of benzene rings is 2. The molecular weight excluding hydrogens is 376 g/mol. The van der Waals surface area contributed by atoms with Gasteiger partial charge in [0.15, 0.2) is 0 Å². The first-order valence-corrected chi connectivity index (χ1v) is 11.4. The van der Waals surface area contributed by atoms with E-state index in [4.69, 9.17) is 0 Å². The Kier molecular flexibility index (Phi) is 5.61. The molecule has 0 atom stereocenters. The molecule has 28 heavy (non-hydrogen) atoms. The van der Waals surface area contributed by atoms with Gasteiger partial charge in [-0.1, -0.05) is 80.1 Å². The van der Waals surface area contributed by atoms with Gasteiger partial charge < -0.3 is 0 Å². The smallest absolute Gasteiger partial charge is 0.0355 e. The molecule has 0 unspecified atom stereocenters. The van der Waals surface area contributed by atoms with E-state index in [2.05, 4.69) is 104 Å². The van der Waals surface area contributed by atoms with Crippen molar-refractivity contribution < 1.29 is 0 Å². The van der Waals surface area contributed by atoms with E-state index in [9.17, 15) is 0 Å². The quantitative estimate of drug-likeness (QED) is 0.296. The zero-order chi connectivity index (χ0) is 19.5. The SMILES string of the molecule is Cc1ccc(/C(=C(\c2cccs2)c2ccccc2C(C)C)c2cccs2)cc1. The monoisotopic (exact) mass is 400 g/mol. The molecule has 4 rings (SSSR count). The molecule has 0 saturated heterocycles. The van der Waals surface area contributed by atoms with Crippen molar-refractivity contribution in [2.45, 2.75) is 26.7 Å². The van der Waals surface area contributed by atoms with Crippen LogP contribution in [0.3, 0.4) is 0 Å². The van der Waals surface area contributed by atoms with Crippen LogP contribution in [-0.2, 0) is 0 Å². The third-order valence-corrected chi connectivity index (χ3v) is 6.75. The first-order chi connectivity index (χ1) is 13.6. The van der Waals surface area contributed by atoms with Crippen molar-refractivity contribution in [1.29, 1.82) is 0 Å². The van der Waals surface area contributed by atoms with E-state index in [-0.39, 0.29) is 0 Å². The van der Waals surface area contributed by atoms with Crippen molar-refractivity contribution in [2.24, 2.45) is 0 Å². The first-order valence-electron chi connectivity index (χ1n) is 9.63. The fraction of sp³-hybridized carbons (Fsp3) is 0.154. The summed E-state index contributed by atoms with van der Waals surface area (Å²) in [6.45, 7) is 6.70. The molecule has 4 aromatic rings. The second-order valence-corrected chi connectivity index (χ2v) is 9.21. The van der Waals surface area contributed by atoms with E-state index in [1.165, 1.54) is 43.2 Å². The van der Waals surface area contributed by atoms with Crippen LogP contribution in [0.1, 0.15) is 51.8 Å². The number of aryl methyl sites for hydroxylation is 1. The predicted molar refractivity (Wildman–Crippen MR) is 125 cm³/mol. The molecule has 0 aliphatic rings. The molecule has 2 heteroatoms. The molecule has 0 fully saturated rings. The minimum absolute atomic E-state index is 0.466. The number of thiophene rings is 2. The van der Waals surface area contributed by atoms with Crippen LogP contribution in [0.15, 0.2) is 83.6 Å². The molecule has 0 bridgehead atoms. The summed E-state index contributed by atoms with van der Waals surface area (Å²) in [4.78, 5) is 2.63. The van der Waals surface area contributed by atoms with Crippen molar-refractivity contribution in [3.05, 3.63) is 116 Å². The van der Waals surface area contributed by atoms with Crippen LogP contribution in [0.5, 0.6) is 0 Å². The molecule has 140 valence electrons. The summed E-state index contributed by atoms with van der Waals surface area (Å²) in [5.74, 6) is 0.466. The minimum Gasteiger partial charge on any atom is -0.144 e. The number of hydrogen-bond acceptors (Lipinski definition) is 2. The van der Waals surface area contributed by atoms with E-state index in [0.29, 0.717) is 5.92 Å². The van der Waals surface area contributed by atoms with Crippen LogP contribution in [0.25, 0.3) is 11.1 Å². The van der Waals surface area contributed by atoms with Crippen LogP contribution in [0.2, 0.25) is 0 Å². The van der Waals surface area contributed by atoms with Gasteiger partial charge in [-0.05, 0) is 52.4 Å². The summed E-state index contributed by atoms with van der Waals surface area (Å²) >= 11 is 3.63. The lowest BCUT2D eigenvalue weighted by Crippen LogP contribution is -2.00. The average molecular weight is 401 g/mol.